The van der Waals surface area contributed by atoms with E-state index in [4.69, 9.17) is 9.47 Å². The highest BCUT2D eigenvalue weighted by Crippen LogP contribution is 2.28. The smallest absolute Gasteiger partial charge is 0.228 e. The normalized spacial score (nSPS) is 28.2. The average Bonchev–Trinajstić information content (AvgIpc) is 3.19. The lowest BCUT2D eigenvalue weighted by Gasteiger charge is -2.30. The van der Waals surface area contributed by atoms with Gasteiger partial charge in [0.15, 0.2) is 0 Å². The maximum absolute atomic E-state index is 12.8. The molecule has 0 aromatic heterocycles. The summed E-state index contributed by atoms with van der Waals surface area (Å²) in [4.78, 5) is 14.8. The minimum Gasteiger partial charge on any atom is -0.381 e. The molecule has 0 radical (unpaired) electrons. The van der Waals surface area contributed by atoms with Gasteiger partial charge in [-0.2, -0.15) is 0 Å². The fourth-order valence-electron chi connectivity index (χ4n) is 3.57. The SMILES string of the molecule is CCO[C@H]1CCN(C(=O)C2CCOC2)[C@H]1Cc1ccccc1. The molecule has 3 atom stereocenters. The van der Waals surface area contributed by atoms with Crippen molar-refractivity contribution < 1.29 is 14.3 Å². The third kappa shape index (κ3) is 3.33. The van der Waals surface area contributed by atoms with E-state index in [2.05, 4.69) is 24.3 Å². The van der Waals surface area contributed by atoms with Crippen molar-refractivity contribution in [2.24, 2.45) is 5.92 Å². The highest BCUT2D eigenvalue weighted by Gasteiger charge is 2.40. The molecule has 2 aliphatic heterocycles. The van der Waals surface area contributed by atoms with E-state index in [-0.39, 0.29) is 24.0 Å². The van der Waals surface area contributed by atoms with Crippen LogP contribution in [0, 0.1) is 5.92 Å². The van der Waals surface area contributed by atoms with Crippen LogP contribution >= 0.6 is 0 Å². The predicted octanol–water partition coefficient (Wildman–Crippen LogP) is 2.27. The van der Waals surface area contributed by atoms with Gasteiger partial charge in [0, 0.05) is 19.8 Å². The van der Waals surface area contributed by atoms with Crippen LogP contribution in [0.4, 0.5) is 0 Å². The number of hydrogen-bond donors (Lipinski definition) is 0. The van der Waals surface area contributed by atoms with E-state index in [0.29, 0.717) is 19.8 Å². The number of rotatable bonds is 5. The van der Waals surface area contributed by atoms with Crippen molar-refractivity contribution in [3.63, 3.8) is 0 Å². The van der Waals surface area contributed by atoms with Gasteiger partial charge in [-0.3, -0.25) is 4.79 Å². The molecule has 1 unspecified atom stereocenters. The van der Waals surface area contributed by atoms with Crippen molar-refractivity contribution in [2.75, 3.05) is 26.4 Å². The van der Waals surface area contributed by atoms with Gasteiger partial charge in [0.05, 0.1) is 24.7 Å². The van der Waals surface area contributed by atoms with Gasteiger partial charge in [-0.15, -0.1) is 0 Å². The fraction of sp³-hybridized carbons (Fsp3) is 0.611. The molecule has 0 aliphatic carbocycles. The molecule has 3 rings (SSSR count). The highest BCUT2D eigenvalue weighted by atomic mass is 16.5. The first-order valence-electron chi connectivity index (χ1n) is 8.33. The zero-order chi connectivity index (χ0) is 15.4. The number of carbonyl (C=O) groups is 1. The molecule has 0 bridgehead atoms. The molecule has 22 heavy (non-hydrogen) atoms. The van der Waals surface area contributed by atoms with E-state index in [1.165, 1.54) is 5.56 Å². The summed E-state index contributed by atoms with van der Waals surface area (Å²) in [5.74, 6) is 0.291. The topological polar surface area (TPSA) is 38.8 Å². The van der Waals surface area contributed by atoms with Gasteiger partial charge in [-0.05, 0) is 31.7 Å². The zero-order valence-electron chi connectivity index (χ0n) is 13.2. The number of amides is 1. The highest BCUT2D eigenvalue weighted by molar-refractivity contribution is 5.80. The summed E-state index contributed by atoms with van der Waals surface area (Å²) in [5, 5.41) is 0. The molecule has 0 spiro atoms. The van der Waals surface area contributed by atoms with Gasteiger partial charge in [0.1, 0.15) is 0 Å². The van der Waals surface area contributed by atoms with Crippen LogP contribution in [0.15, 0.2) is 30.3 Å². The lowest BCUT2D eigenvalue weighted by atomic mass is 10.0. The van der Waals surface area contributed by atoms with Crippen LogP contribution in [0.3, 0.4) is 0 Å². The molecule has 2 aliphatic rings. The van der Waals surface area contributed by atoms with E-state index in [1.54, 1.807) is 0 Å². The summed E-state index contributed by atoms with van der Waals surface area (Å²) >= 11 is 0. The van der Waals surface area contributed by atoms with Gasteiger partial charge in [-0.1, -0.05) is 30.3 Å². The first kappa shape index (κ1) is 15.5. The largest absolute Gasteiger partial charge is 0.381 e. The molecule has 1 aromatic rings. The molecule has 2 saturated heterocycles. The second-order valence-corrected chi connectivity index (χ2v) is 6.13. The zero-order valence-corrected chi connectivity index (χ0v) is 13.2. The number of carbonyl (C=O) groups excluding carboxylic acids is 1. The van der Waals surface area contributed by atoms with E-state index >= 15 is 0 Å². The Labute approximate surface area is 132 Å². The minimum absolute atomic E-state index is 0.0404. The van der Waals surface area contributed by atoms with E-state index in [1.807, 2.05) is 17.9 Å². The Hall–Kier alpha value is -1.39. The Bertz CT molecular complexity index is 484. The van der Waals surface area contributed by atoms with Crippen LogP contribution in [-0.4, -0.2) is 49.3 Å². The van der Waals surface area contributed by atoms with Crippen LogP contribution in [0.2, 0.25) is 0 Å². The number of nitrogens with zero attached hydrogens (tertiary/aromatic N) is 1. The monoisotopic (exact) mass is 303 g/mol. The van der Waals surface area contributed by atoms with E-state index in [9.17, 15) is 4.79 Å². The fourth-order valence-corrected chi connectivity index (χ4v) is 3.57. The molecule has 1 aromatic carbocycles. The summed E-state index contributed by atoms with van der Waals surface area (Å²) in [6, 6.07) is 10.5. The van der Waals surface area contributed by atoms with Gasteiger partial charge >= 0.3 is 0 Å². The number of benzene rings is 1. The Balaban J connectivity index is 1.74. The van der Waals surface area contributed by atoms with Gasteiger partial charge in [0.2, 0.25) is 5.91 Å². The molecule has 2 heterocycles. The summed E-state index contributed by atoms with van der Waals surface area (Å²) in [6.45, 7) is 4.81. The van der Waals surface area contributed by atoms with Gasteiger partial charge in [0.25, 0.3) is 0 Å². The van der Waals surface area contributed by atoms with Crippen molar-refractivity contribution in [1.29, 1.82) is 0 Å². The molecule has 1 amide bonds. The second kappa shape index (κ2) is 7.25. The molecule has 0 saturated carbocycles. The number of hydrogen-bond acceptors (Lipinski definition) is 3. The number of ether oxygens (including phenoxy) is 2. The third-order valence-electron chi connectivity index (χ3n) is 4.71. The molecule has 4 nitrogen and oxygen atoms in total. The lowest BCUT2D eigenvalue weighted by Crippen LogP contribution is -2.44. The second-order valence-electron chi connectivity index (χ2n) is 6.13. The minimum atomic E-state index is 0.0404. The van der Waals surface area contributed by atoms with E-state index in [0.717, 1.165) is 25.8 Å². The predicted molar refractivity (Wildman–Crippen MR) is 84.6 cm³/mol. The Kier molecular flexibility index (Phi) is 5.11. The van der Waals surface area contributed by atoms with Crippen molar-refractivity contribution in [3.8, 4) is 0 Å². The van der Waals surface area contributed by atoms with Crippen molar-refractivity contribution in [2.45, 2.75) is 38.3 Å². The Morgan fingerprint density at radius 1 is 1.32 bits per heavy atom. The number of likely N-dealkylation sites (tertiary alicyclic amines) is 1. The first-order valence-corrected chi connectivity index (χ1v) is 8.33. The van der Waals surface area contributed by atoms with Gasteiger partial charge < -0.3 is 14.4 Å². The first-order chi connectivity index (χ1) is 10.8. The molecule has 120 valence electrons. The van der Waals surface area contributed by atoms with Gasteiger partial charge in [-0.25, -0.2) is 0 Å². The molecule has 0 N–H and O–H groups in total. The summed E-state index contributed by atoms with van der Waals surface area (Å²) < 4.78 is 11.3. The van der Waals surface area contributed by atoms with Crippen LogP contribution < -0.4 is 0 Å². The summed E-state index contributed by atoms with van der Waals surface area (Å²) in [5.41, 5.74) is 1.26. The van der Waals surface area contributed by atoms with Crippen LogP contribution in [0.25, 0.3) is 0 Å². The van der Waals surface area contributed by atoms with Crippen molar-refractivity contribution >= 4 is 5.91 Å². The van der Waals surface area contributed by atoms with Crippen LogP contribution in [0.1, 0.15) is 25.3 Å². The maximum Gasteiger partial charge on any atom is 0.228 e. The molecular formula is C18H25NO3. The average molecular weight is 303 g/mol. The third-order valence-corrected chi connectivity index (χ3v) is 4.71. The molecule has 4 heteroatoms. The summed E-state index contributed by atoms with van der Waals surface area (Å²) in [6.07, 6.45) is 2.80. The Morgan fingerprint density at radius 2 is 2.14 bits per heavy atom. The molecular weight excluding hydrogens is 278 g/mol. The van der Waals surface area contributed by atoms with E-state index < -0.39 is 0 Å². The summed E-state index contributed by atoms with van der Waals surface area (Å²) in [7, 11) is 0. The standard InChI is InChI=1S/C18H25NO3/c1-2-22-17-8-10-19(18(20)15-9-11-21-13-15)16(17)12-14-6-4-3-5-7-14/h3-7,15-17H,2,8-13H2,1H3/t15?,16-,17-/m0/s1. The van der Waals surface area contributed by atoms with Crippen LogP contribution in [-0.2, 0) is 20.7 Å². The maximum atomic E-state index is 12.8. The lowest BCUT2D eigenvalue weighted by molar-refractivity contribution is -0.137. The molecule has 2 fully saturated rings. The van der Waals surface area contributed by atoms with Crippen LogP contribution in [0.5, 0.6) is 0 Å². The Morgan fingerprint density at radius 3 is 2.82 bits per heavy atom. The van der Waals surface area contributed by atoms with Crippen molar-refractivity contribution in [1.82, 2.24) is 4.90 Å². The van der Waals surface area contributed by atoms with Crippen molar-refractivity contribution in [3.05, 3.63) is 35.9 Å². The quantitative estimate of drug-likeness (QED) is 0.837.